The number of hydrogen-bond donors (Lipinski definition) is 0. The topological polar surface area (TPSA) is 85.2 Å². The van der Waals surface area contributed by atoms with E-state index in [-0.39, 0.29) is 18.2 Å². The van der Waals surface area contributed by atoms with Gasteiger partial charge in [-0.2, -0.15) is 0 Å². The van der Waals surface area contributed by atoms with Crippen molar-refractivity contribution in [3.8, 4) is 22.6 Å². The van der Waals surface area contributed by atoms with E-state index < -0.39 is 4.92 Å². The molecule has 3 aromatic rings. The summed E-state index contributed by atoms with van der Waals surface area (Å²) >= 11 is 6.09. The molecule has 0 spiro atoms. The van der Waals surface area contributed by atoms with Crippen molar-refractivity contribution in [1.82, 2.24) is 4.90 Å². The van der Waals surface area contributed by atoms with Crippen LogP contribution in [-0.4, -0.2) is 55.6 Å². The van der Waals surface area contributed by atoms with Crippen LogP contribution in [0.15, 0.2) is 66.7 Å². The summed E-state index contributed by atoms with van der Waals surface area (Å²) in [5, 5.41) is 12.0. The molecule has 34 heavy (non-hydrogen) atoms. The summed E-state index contributed by atoms with van der Waals surface area (Å²) in [5.41, 5.74) is 2.24. The van der Waals surface area contributed by atoms with Crippen molar-refractivity contribution in [2.24, 2.45) is 0 Å². The highest BCUT2D eigenvalue weighted by Crippen LogP contribution is 2.34. The number of nitrogens with zero attached hydrogens (tertiary/aromatic N) is 3. The molecule has 1 aliphatic rings. The predicted octanol–water partition coefficient (Wildman–Crippen LogP) is 4.65. The average molecular weight is 482 g/mol. The fourth-order valence-corrected chi connectivity index (χ4v) is 4.06. The number of benzene rings is 3. The van der Waals surface area contributed by atoms with Gasteiger partial charge < -0.3 is 19.3 Å². The molecule has 0 aromatic heterocycles. The van der Waals surface area contributed by atoms with Gasteiger partial charge in [0.15, 0.2) is 6.61 Å². The first kappa shape index (κ1) is 23.4. The quantitative estimate of drug-likeness (QED) is 0.360. The summed E-state index contributed by atoms with van der Waals surface area (Å²) in [7, 11) is 1.57. The Labute approximate surface area is 202 Å². The molecule has 0 N–H and O–H groups in total. The Morgan fingerprint density at radius 3 is 2.41 bits per heavy atom. The maximum absolute atomic E-state index is 12.8. The van der Waals surface area contributed by atoms with Crippen molar-refractivity contribution >= 4 is 28.9 Å². The van der Waals surface area contributed by atoms with E-state index in [1.54, 1.807) is 36.3 Å². The summed E-state index contributed by atoms with van der Waals surface area (Å²) in [6.45, 7) is 2.38. The van der Waals surface area contributed by atoms with Gasteiger partial charge in [-0.05, 0) is 42.0 Å². The largest absolute Gasteiger partial charge is 0.497 e. The van der Waals surface area contributed by atoms with Crippen LogP contribution in [0.1, 0.15) is 0 Å². The number of methoxy groups -OCH3 is 1. The zero-order valence-electron chi connectivity index (χ0n) is 18.6. The fourth-order valence-electron chi connectivity index (χ4n) is 3.87. The summed E-state index contributed by atoms with van der Waals surface area (Å²) < 4.78 is 11.0. The lowest BCUT2D eigenvalue weighted by molar-refractivity contribution is -0.384. The first-order valence-electron chi connectivity index (χ1n) is 10.8. The third-order valence-electron chi connectivity index (χ3n) is 5.73. The number of nitro groups is 1. The third kappa shape index (κ3) is 5.40. The number of ether oxygens (including phenoxy) is 2. The van der Waals surface area contributed by atoms with Crippen LogP contribution in [-0.2, 0) is 4.79 Å². The van der Waals surface area contributed by atoms with E-state index in [9.17, 15) is 14.9 Å². The lowest BCUT2D eigenvalue weighted by Gasteiger charge is -2.36. The smallest absolute Gasteiger partial charge is 0.270 e. The molecule has 0 atom stereocenters. The fraction of sp³-hybridized carbons (Fsp3) is 0.240. The van der Waals surface area contributed by atoms with Crippen molar-refractivity contribution in [3.05, 3.63) is 81.9 Å². The Balaban J connectivity index is 1.42. The molecule has 0 aliphatic carbocycles. The summed E-state index contributed by atoms with van der Waals surface area (Å²) in [5.74, 6) is 0.940. The Morgan fingerprint density at radius 1 is 1.03 bits per heavy atom. The normalized spacial score (nSPS) is 13.5. The van der Waals surface area contributed by atoms with Crippen LogP contribution in [0.5, 0.6) is 11.5 Å². The Morgan fingerprint density at radius 2 is 1.76 bits per heavy atom. The van der Waals surface area contributed by atoms with E-state index in [0.29, 0.717) is 48.3 Å². The van der Waals surface area contributed by atoms with Crippen molar-refractivity contribution < 1.29 is 19.2 Å². The van der Waals surface area contributed by atoms with Crippen molar-refractivity contribution in [2.75, 3.05) is 44.8 Å². The highest BCUT2D eigenvalue weighted by molar-refractivity contribution is 6.30. The molecule has 0 unspecified atom stereocenters. The second-order valence-electron chi connectivity index (χ2n) is 7.80. The monoisotopic (exact) mass is 481 g/mol. The van der Waals surface area contributed by atoms with Crippen LogP contribution in [0, 0.1) is 10.1 Å². The number of non-ortho nitro benzene ring substituents is 1. The van der Waals surface area contributed by atoms with Crippen LogP contribution in [0.3, 0.4) is 0 Å². The predicted molar refractivity (Wildman–Crippen MR) is 131 cm³/mol. The molecule has 0 saturated carbocycles. The standard InChI is InChI=1S/C25H24ClN3O5/c1-33-22-8-5-18(6-9-22)23-16-21(29(31)32)7-10-24(23)34-17-25(30)28-13-11-27(12-14-28)20-4-2-3-19(26)15-20/h2-10,15-16H,11-14,17H2,1H3. The van der Waals surface area contributed by atoms with E-state index in [4.69, 9.17) is 21.1 Å². The van der Waals surface area contributed by atoms with Crippen LogP contribution in [0.25, 0.3) is 11.1 Å². The van der Waals surface area contributed by atoms with Gasteiger partial charge in [-0.3, -0.25) is 14.9 Å². The zero-order chi connectivity index (χ0) is 24.1. The van der Waals surface area contributed by atoms with Crippen LogP contribution in [0.4, 0.5) is 11.4 Å². The van der Waals surface area contributed by atoms with Gasteiger partial charge >= 0.3 is 0 Å². The SMILES string of the molecule is COc1ccc(-c2cc([N+](=O)[O-])ccc2OCC(=O)N2CCN(c3cccc(Cl)c3)CC2)cc1. The van der Waals surface area contributed by atoms with E-state index in [2.05, 4.69) is 4.90 Å². The van der Waals surface area contributed by atoms with Crippen molar-refractivity contribution in [1.29, 1.82) is 0 Å². The van der Waals surface area contributed by atoms with Crippen molar-refractivity contribution in [3.63, 3.8) is 0 Å². The number of piperazine rings is 1. The Kier molecular flexibility index (Phi) is 7.18. The number of carbonyl (C=O) groups is 1. The van der Waals surface area contributed by atoms with Gasteiger partial charge in [0, 0.05) is 54.6 Å². The molecule has 1 fully saturated rings. The molecule has 0 bridgehead atoms. The molecule has 1 heterocycles. The summed E-state index contributed by atoms with van der Waals surface area (Å²) in [4.78, 5) is 27.6. The van der Waals surface area contributed by atoms with Gasteiger partial charge in [0.25, 0.3) is 11.6 Å². The molecule has 0 radical (unpaired) electrons. The molecule has 3 aromatic carbocycles. The average Bonchev–Trinajstić information content (AvgIpc) is 2.87. The molecule has 1 saturated heterocycles. The minimum atomic E-state index is -0.457. The van der Waals surface area contributed by atoms with E-state index in [1.807, 2.05) is 24.3 Å². The number of rotatable bonds is 7. The van der Waals surface area contributed by atoms with E-state index in [0.717, 1.165) is 11.3 Å². The molecular weight excluding hydrogens is 458 g/mol. The number of carbonyl (C=O) groups excluding carboxylic acids is 1. The van der Waals surface area contributed by atoms with Gasteiger partial charge in [0.2, 0.25) is 0 Å². The minimum Gasteiger partial charge on any atom is -0.497 e. The number of halogens is 1. The number of amides is 1. The molecule has 1 amide bonds. The number of anilines is 1. The Bertz CT molecular complexity index is 1180. The van der Waals surface area contributed by atoms with Crippen molar-refractivity contribution in [2.45, 2.75) is 0 Å². The maximum atomic E-state index is 12.8. The number of hydrogen-bond acceptors (Lipinski definition) is 6. The minimum absolute atomic E-state index is 0.0540. The van der Waals surface area contributed by atoms with Crippen LogP contribution >= 0.6 is 11.6 Å². The molecular formula is C25H24ClN3O5. The third-order valence-corrected chi connectivity index (χ3v) is 5.97. The lowest BCUT2D eigenvalue weighted by atomic mass is 10.0. The molecule has 8 nitrogen and oxygen atoms in total. The first-order valence-corrected chi connectivity index (χ1v) is 11.2. The summed E-state index contributed by atoms with van der Waals surface area (Å²) in [6.07, 6.45) is 0. The molecule has 9 heteroatoms. The van der Waals surface area contributed by atoms with Gasteiger partial charge in [0.1, 0.15) is 11.5 Å². The second kappa shape index (κ2) is 10.4. The highest BCUT2D eigenvalue weighted by atomic mass is 35.5. The first-order chi connectivity index (χ1) is 16.4. The molecule has 1 aliphatic heterocycles. The van der Waals surface area contributed by atoms with Gasteiger partial charge in [0.05, 0.1) is 12.0 Å². The van der Waals surface area contributed by atoms with E-state index >= 15 is 0 Å². The van der Waals surface area contributed by atoms with Gasteiger partial charge in [-0.25, -0.2) is 0 Å². The Hall–Kier alpha value is -3.78. The molecule has 176 valence electrons. The van der Waals surface area contributed by atoms with Crippen LogP contribution in [0.2, 0.25) is 5.02 Å². The van der Waals surface area contributed by atoms with E-state index in [1.165, 1.54) is 18.2 Å². The van der Waals surface area contributed by atoms with Gasteiger partial charge in [-0.1, -0.05) is 29.8 Å². The highest BCUT2D eigenvalue weighted by Gasteiger charge is 2.22. The maximum Gasteiger partial charge on any atom is 0.270 e. The van der Waals surface area contributed by atoms with Crippen LogP contribution < -0.4 is 14.4 Å². The lowest BCUT2D eigenvalue weighted by Crippen LogP contribution is -2.50. The summed E-state index contributed by atoms with van der Waals surface area (Å²) in [6, 6.07) is 19.1. The molecule has 4 rings (SSSR count). The zero-order valence-corrected chi connectivity index (χ0v) is 19.4. The van der Waals surface area contributed by atoms with Gasteiger partial charge in [-0.15, -0.1) is 0 Å². The second-order valence-corrected chi connectivity index (χ2v) is 8.24. The number of nitro benzene ring substituents is 1.